The van der Waals surface area contributed by atoms with E-state index in [1.165, 1.54) is 74.3 Å². The minimum Gasteiger partial charge on any atom is -0.344 e. The smallest absolute Gasteiger partial charge is 0.0502 e. The molecule has 6 aromatic carbocycles. The molecule has 9 rings (SSSR count). The molecule has 2 aromatic heterocycles. The molecular formula is C43H33NS2. The summed E-state index contributed by atoms with van der Waals surface area (Å²) in [5.74, 6) is 0. The molecule has 0 spiro atoms. The molecule has 8 aromatic rings. The minimum absolute atomic E-state index is 1.14. The third-order valence-electron chi connectivity index (χ3n) is 8.84. The molecular weight excluding hydrogens is 595 g/mol. The molecule has 1 aliphatic carbocycles. The fraction of sp³-hybridized carbons (Fsp3) is 0.0698. The van der Waals surface area contributed by atoms with Crippen molar-refractivity contribution in [2.24, 2.45) is 0 Å². The van der Waals surface area contributed by atoms with E-state index in [1.54, 1.807) is 0 Å². The number of hydrogen-bond donors (Lipinski definition) is 0. The maximum absolute atomic E-state index is 2.40. The van der Waals surface area contributed by atoms with Crippen LogP contribution in [0.5, 0.6) is 0 Å². The summed E-state index contributed by atoms with van der Waals surface area (Å²) < 4.78 is 4.13. The number of anilines is 2. The van der Waals surface area contributed by atoms with Gasteiger partial charge in [-0.1, -0.05) is 121 Å². The largest absolute Gasteiger partial charge is 0.344 e. The molecule has 0 radical (unpaired) electrons. The number of aryl methyl sites for hydroxylation is 1. The van der Waals surface area contributed by atoms with Crippen LogP contribution >= 0.6 is 22.7 Å². The molecule has 0 atom stereocenters. The van der Waals surface area contributed by atoms with E-state index in [2.05, 4.69) is 170 Å². The van der Waals surface area contributed by atoms with Gasteiger partial charge in [-0.3, -0.25) is 0 Å². The zero-order chi connectivity index (χ0) is 30.9. The van der Waals surface area contributed by atoms with Crippen LogP contribution in [-0.2, 0) is 6.42 Å². The van der Waals surface area contributed by atoms with Crippen molar-refractivity contribution in [3.05, 3.63) is 162 Å². The summed E-state index contributed by atoms with van der Waals surface area (Å²) in [6.07, 6.45) is 6.92. The molecule has 0 N–H and O–H groups in total. The Balaban J connectivity index is 0.000000199. The Morgan fingerprint density at radius 2 is 1.11 bits per heavy atom. The van der Waals surface area contributed by atoms with E-state index in [9.17, 15) is 0 Å². The second-order valence-electron chi connectivity index (χ2n) is 11.7. The molecule has 0 unspecified atom stereocenters. The summed E-state index contributed by atoms with van der Waals surface area (Å²) in [4.78, 5) is 3.84. The van der Waals surface area contributed by atoms with Gasteiger partial charge in [0.25, 0.3) is 0 Å². The van der Waals surface area contributed by atoms with Gasteiger partial charge in [-0.05, 0) is 71.5 Å². The monoisotopic (exact) mass is 627 g/mol. The fourth-order valence-electron chi connectivity index (χ4n) is 6.43. The summed E-state index contributed by atoms with van der Waals surface area (Å²) in [6, 6.07) is 52.1. The lowest BCUT2D eigenvalue weighted by Crippen LogP contribution is -2.10. The third-order valence-corrected chi connectivity index (χ3v) is 11.2. The van der Waals surface area contributed by atoms with Gasteiger partial charge in [-0.2, -0.15) is 0 Å². The molecule has 0 bridgehead atoms. The van der Waals surface area contributed by atoms with E-state index in [-0.39, 0.29) is 0 Å². The number of rotatable bonds is 4. The summed E-state index contributed by atoms with van der Waals surface area (Å²) in [5, 5.41) is 4.13. The van der Waals surface area contributed by atoms with Crippen molar-refractivity contribution in [1.29, 1.82) is 0 Å². The van der Waals surface area contributed by atoms with E-state index in [0.29, 0.717) is 0 Å². The zero-order valence-electron chi connectivity index (χ0n) is 25.7. The van der Waals surface area contributed by atoms with Gasteiger partial charge in [0, 0.05) is 53.4 Å². The van der Waals surface area contributed by atoms with E-state index >= 15 is 0 Å². The van der Waals surface area contributed by atoms with E-state index < -0.39 is 0 Å². The van der Waals surface area contributed by atoms with Gasteiger partial charge >= 0.3 is 0 Å². The first-order valence-electron chi connectivity index (χ1n) is 15.8. The van der Waals surface area contributed by atoms with Crippen LogP contribution in [-0.4, -0.2) is 7.05 Å². The van der Waals surface area contributed by atoms with Gasteiger partial charge < -0.3 is 4.90 Å². The first-order valence-corrected chi connectivity index (χ1v) is 17.4. The fourth-order valence-corrected chi connectivity index (χ4v) is 8.76. The van der Waals surface area contributed by atoms with E-state index in [4.69, 9.17) is 0 Å². The topological polar surface area (TPSA) is 3.24 Å². The summed E-state index contributed by atoms with van der Waals surface area (Å²) in [5.41, 5.74) is 8.86. The first kappa shape index (κ1) is 28.5. The standard InChI is InChI=1S/C31H25NS.C12H8S/c1-32(25-18-16-23(17-19-25)22-10-4-2-5-11-22)29-21-31-28(26-14-8-9-15-30(26)33-31)20-27(29)24-12-6-3-7-13-24;1-3-7-11-9(5-1)10-6-2-4-8-12(10)13-11/h2-8,10-14,16-21H,9,15H2,1H3;1-8H. The molecule has 1 aliphatic rings. The molecule has 0 saturated carbocycles. The van der Waals surface area contributed by atoms with Crippen molar-refractivity contribution in [2.45, 2.75) is 12.8 Å². The Morgan fingerprint density at radius 1 is 0.522 bits per heavy atom. The highest BCUT2D eigenvalue weighted by atomic mass is 32.1. The maximum atomic E-state index is 2.40. The lowest BCUT2D eigenvalue weighted by atomic mass is 9.97. The molecule has 3 heteroatoms. The lowest BCUT2D eigenvalue weighted by molar-refractivity contribution is 1.02. The Labute approximate surface area is 278 Å². The van der Waals surface area contributed by atoms with Crippen molar-refractivity contribution >= 4 is 70.4 Å². The molecule has 0 amide bonds. The Bertz CT molecular complexity index is 2260. The number of nitrogens with zero attached hydrogens (tertiary/aromatic N) is 1. The zero-order valence-corrected chi connectivity index (χ0v) is 27.3. The van der Waals surface area contributed by atoms with Gasteiger partial charge in [-0.25, -0.2) is 0 Å². The Hall–Kier alpha value is -4.96. The molecule has 222 valence electrons. The Morgan fingerprint density at radius 3 is 1.78 bits per heavy atom. The summed E-state index contributed by atoms with van der Waals surface area (Å²) >= 11 is 3.81. The van der Waals surface area contributed by atoms with E-state index in [1.807, 2.05) is 22.7 Å². The normalized spacial score (nSPS) is 12.2. The first-order chi connectivity index (χ1) is 22.7. The average molecular weight is 628 g/mol. The van der Waals surface area contributed by atoms with Gasteiger partial charge in [-0.15, -0.1) is 22.7 Å². The molecule has 46 heavy (non-hydrogen) atoms. The second kappa shape index (κ2) is 12.4. The average Bonchev–Trinajstić information content (AvgIpc) is 3.70. The van der Waals surface area contributed by atoms with Gasteiger partial charge in [0.05, 0.1) is 5.69 Å². The summed E-state index contributed by atoms with van der Waals surface area (Å²) in [7, 11) is 2.18. The molecule has 0 aliphatic heterocycles. The molecule has 0 fully saturated rings. The van der Waals surface area contributed by atoms with Crippen molar-refractivity contribution < 1.29 is 0 Å². The third kappa shape index (κ3) is 5.43. The van der Waals surface area contributed by atoms with Crippen molar-refractivity contribution in [3.8, 4) is 22.3 Å². The van der Waals surface area contributed by atoms with Gasteiger partial charge in [0.2, 0.25) is 0 Å². The van der Waals surface area contributed by atoms with Crippen LogP contribution < -0.4 is 4.90 Å². The van der Waals surface area contributed by atoms with Crippen LogP contribution in [0, 0.1) is 0 Å². The number of fused-ring (bicyclic) bond motifs is 6. The predicted molar refractivity (Wildman–Crippen MR) is 204 cm³/mol. The SMILES string of the molecule is CN(c1ccc(-c2ccccc2)cc1)c1cc2sc3c(c2cc1-c1ccccc1)C=CCC3.c1ccc2c(c1)sc1ccccc12. The van der Waals surface area contributed by atoms with Crippen LogP contribution in [0.25, 0.3) is 58.6 Å². The molecule has 1 nitrogen and oxygen atoms in total. The predicted octanol–water partition coefficient (Wildman–Crippen LogP) is 13.0. The van der Waals surface area contributed by atoms with Gasteiger partial charge in [0.15, 0.2) is 0 Å². The quantitative estimate of drug-likeness (QED) is 0.188. The van der Waals surface area contributed by atoms with Crippen LogP contribution in [0.2, 0.25) is 0 Å². The molecule has 2 heterocycles. The van der Waals surface area contributed by atoms with Crippen LogP contribution in [0.1, 0.15) is 16.9 Å². The second-order valence-corrected chi connectivity index (χ2v) is 13.9. The highest BCUT2D eigenvalue weighted by molar-refractivity contribution is 7.25. The van der Waals surface area contributed by atoms with Crippen molar-refractivity contribution in [1.82, 2.24) is 0 Å². The van der Waals surface area contributed by atoms with Crippen LogP contribution in [0.4, 0.5) is 11.4 Å². The molecule has 0 saturated heterocycles. The van der Waals surface area contributed by atoms with Crippen LogP contribution in [0.15, 0.2) is 152 Å². The number of thiophene rings is 2. The minimum atomic E-state index is 1.14. The maximum Gasteiger partial charge on any atom is 0.0502 e. The highest BCUT2D eigenvalue weighted by Crippen LogP contribution is 2.43. The number of hydrogen-bond acceptors (Lipinski definition) is 3. The Kier molecular flexibility index (Phi) is 7.71. The van der Waals surface area contributed by atoms with Gasteiger partial charge in [0.1, 0.15) is 0 Å². The van der Waals surface area contributed by atoms with Crippen LogP contribution in [0.3, 0.4) is 0 Å². The lowest BCUT2D eigenvalue weighted by Gasteiger charge is -2.24. The highest BCUT2D eigenvalue weighted by Gasteiger charge is 2.18. The van der Waals surface area contributed by atoms with Crippen molar-refractivity contribution in [3.63, 3.8) is 0 Å². The number of benzene rings is 6. The number of allylic oxidation sites excluding steroid dienone is 1. The van der Waals surface area contributed by atoms with Crippen molar-refractivity contribution in [2.75, 3.05) is 11.9 Å². The summed E-state index contributed by atoms with van der Waals surface area (Å²) in [6.45, 7) is 0. The van der Waals surface area contributed by atoms with E-state index in [0.717, 1.165) is 12.8 Å².